The Morgan fingerprint density at radius 3 is 2.39 bits per heavy atom. The first-order valence-corrected chi connectivity index (χ1v) is 11.0. The van der Waals surface area contributed by atoms with E-state index in [0.717, 1.165) is 28.0 Å². The maximum atomic E-state index is 10.2. The van der Waals surface area contributed by atoms with Crippen LogP contribution in [-0.2, 0) is 6.42 Å². The van der Waals surface area contributed by atoms with Gasteiger partial charge in [-0.05, 0) is 48.4 Å². The van der Waals surface area contributed by atoms with Crippen LogP contribution in [0.25, 0.3) is 10.9 Å². The van der Waals surface area contributed by atoms with Gasteiger partial charge in [-0.25, -0.2) is 0 Å². The van der Waals surface area contributed by atoms with Crippen molar-refractivity contribution >= 4 is 10.9 Å². The molecular weight excluding hydrogens is 416 g/mol. The van der Waals surface area contributed by atoms with Crippen LogP contribution in [0.1, 0.15) is 5.56 Å². The number of fused-ring (bicyclic) bond motifs is 1. The van der Waals surface area contributed by atoms with Crippen LogP contribution >= 0.6 is 0 Å². The molecule has 4 aromatic rings. The highest BCUT2D eigenvalue weighted by Gasteiger charge is 2.12. The van der Waals surface area contributed by atoms with Gasteiger partial charge in [-0.3, -0.25) is 4.98 Å². The Labute approximate surface area is 193 Å². The third-order valence-electron chi connectivity index (χ3n) is 5.25. The van der Waals surface area contributed by atoms with Crippen molar-refractivity contribution in [3.63, 3.8) is 0 Å². The van der Waals surface area contributed by atoms with E-state index in [1.165, 1.54) is 0 Å². The predicted molar refractivity (Wildman–Crippen MR) is 129 cm³/mol. The minimum atomic E-state index is -0.675. The van der Waals surface area contributed by atoms with Crippen LogP contribution < -0.4 is 14.8 Å². The molecule has 6 heteroatoms. The average Bonchev–Trinajstić information content (AvgIpc) is 2.87. The van der Waals surface area contributed by atoms with Gasteiger partial charge in [-0.15, -0.1) is 0 Å². The molecule has 0 fully saturated rings. The quantitative estimate of drug-likeness (QED) is 0.325. The summed E-state index contributed by atoms with van der Waals surface area (Å²) in [7, 11) is 0. The van der Waals surface area contributed by atoms with Crippen molar-refractivity contribution in [2.45, 2.75) is 18.6 Å². The number of rotatable bonds is 11. The monoisotopic (exact) mass is 444 g/mol. The number of para-hydroxylation sites is 2. The molecular formula is C27H28N2O4. The van der Waals surface area contributed by atoms with E-state index in [1.54, 1.807) is 6.20 Å². The zero-order valence-electron chi connectivity index (χ0n) is 18.3. The lowest BCUT2D eigenvalue weighted by atomic mass is 10.1. The number of nitrogens with zero attached hydrogens (tertiary/aromatic N) is 1. The Kier molecular flexibility index (Phi) is 7.87. The zero-order valence-corrected chi connectivity index (χ0v) is 18.3. The third kappa shape index (κ3) is 6.76. The molecule has 170 valence electrons. The maximum absolute atomic E-state index is 10.2. The lowest BCUT2D eigenvalue weighted by molar-refractivity contribution is 0.0997. The molecule has 4 rings (SSSR count). The van der Waals surface area contributed by atoms with E-state index in [9.17, 15) is 10.2 Å². The first kappa shape index (κ1) is 22.7. The Bertz CT molecular complexity index is 1140. The first-order valence-electron chi connectivity index (χ1n) is 11.0. The minimum absolute atomic E-state index is 0.0345. The summed E-state index contributed by atoms with van der Waals surface area (Å²) in [5.74, 6) is 2.12. The van der Waals surface area contributed by atoms with Crippen LogP contribution in [0.15, 0.2) is 91.1 Å². The van der Waals surface area contributed by atoms with Crippen molar-refractivity contribution in [2.75, 3.05) is 19.8 Å². The fourth-order valence-corrected chi connectivity index (χ4v) is 3.49. The summed E-state index contributed by atoms with van der Waals surface area (Å²) in [6, 6.07) is 26.8. The van der Waals surface area contributed by atoms with Crippen LogP contribution in [0.4, 0.5) is 0 Å². The molecule has 3 aromatic carbocycles. The summed E-state index contributed by atoms with van der Waals surface area (Å²) in [4.78, 5) is 4.42. The summed E-state index contributed by atoms with van der Waals surface area (Å²) >= 11 is 0. The van der Waals surface area contributed by atoms with Gasteiger partial charge in [0.15, 0.2) is 0 Å². The number of hydrogen-bond donors (Lipinski definition) is 3. The van der Waals surface area contributed by atoms with Gasteiger partial charge in [0.1, 0.15) is 30.0 Å². The van der Waals surface area contributed by atoms with Crippen molar-refractivity contribution in [1.29, 1.82) is 0 Å². The highest BCUT2D eigenvalue weighted by molar-refractivity contribution is 5.79. The van der Waals surface area contributed by atoms with Gasteiger partial charge in [0.2, 0.25) is 0 Å². The Morgan fingerprint density at radius 2 is 1.61 bits per heavy atom. The van der Waals surface area contributed by atoms with Crippen molar-refractivity contribution in [3.8, 4) is 17.2 Å². The van der Waals surface area contributed by atoms with Gasteiger partial charge < -0.3 is 25.0 Å². The molecule has 0 radical (unpaired) electrons. The lowest BCUT2D eigenvalue weighted by Crippen LogP contribution is -2.41. The van der Waals surface area contributed by atoms with Crippen molar-refractivity contribution in [2.24, 2.45) is 0 Å². The van der Waals surface area contributed by atoms with E-state index in [-0.39, 0.29) is 19.3 Å². The SMILES string of the molecule is OC[C@H](Cc1ccc(Oc2cnc3ccccc3c2)cc1)NC[C@H](O)COc1ccccc1. The van der Waals surface area contributed by atoms with E-state index >= 15 is 0 Å². The van der Waals surface area contributed by atoms with Gasteiger partial charge in [-0.2, -0.15) is 0 Å². The van der Waals surface area contributed by atoms with Crippen molar-refractivity contribution in [3.05, 3.63) is 96.7 Å². The van der Waals surface area contributed by atoms with Crippen LogP contribution in [-0.4, -0.2) is 47.1 Å². The molecule has 0 aliphatic heterocycles. The molecule has 0 saturated carbocycles. The Hall–Kier alpha value is -3.45. The predicted octanol–water partition coefficient (Wildman–Crippen LogP) is 3.96. The molecule has 33 heavy (non-hydrogen) atoms. The lowest BCUT2D eigenvalue weighted by Gasteiger charge is -2.19. The van der Waals surface area contributed by atoms with Gasteiger partial charge >= 0.3 is 0 Å². The van der Waals surface area contributed by atoms with E-state index in [0.29, 0.717) is 18.7 Å². The van der Waals surface area contributed by atoms with Crippen LogP contribution in [0.3, 0.4) is 0 Å². The Morgan fingerprint density at radius 1 is 0.848 bits per heavy atom. The van der Waals surface area contributed by atoms with Crippen LogP contribution in [0, 0.1) is 0 Å². The number of ether oxygens (including phenoxy) is 2. The maximum Gasteiger partial charge on any atom is 0.146 e. The summed E-state index contributed by atoms with van der Waals surface area (Å²) < 4.78 is 11.5. The third-order valence-corrected chi connectivity index (χ3v) is 5.25. The highest BCUT2D eigenvalue weighted by Crippen LogP contribution is 2.24. The highest BCUT2D eigenvalue weighted by atomic mass is 16.5. The summed E-state index contributed by atoms with van der Waals surface area (Å²) in [6.45, 7) is 0.478. The molecule has 1 heterocycles. The van der Waals surface area contributed by atoms with Gasteiger partial charge in [0.05, 0.1) is 18.3 Å². The molecule has 6 nitrogen and oxygen atoms in total. The summed E-state index contributed by atoms with van der Waals surface area (Å²) in [5, 5.41) is 24.1. The molecule has 1 aromatic heterocycles. The van der Waals surface area contributed by atoms with Crippen molar-refractivity contribution in [1.82, 2.24) is 10.3 Å². The molecule has 2 atom stereocenters. The molecule has 0 bridgehead atoms. The first-order chi connectivity index (χ1) is 16.2. The van der Waals surface area contributed by atoms with Gasteiger partial charge in [0, 0.05) is 18.0 Å². The minimum Gasteiger partial charge on any atom is -0.491 e. The fraction of sp³-hybridized carbons (Fsp3) is 0.222. The number of aliphatic hydroxyl groups excluding tert-OH is 2. The Balaban J connectivity index is 1.25. The summed E-state index contributed by atoms with van der Waals surface area (Å²) in [5.41, 5.74) is 1.99. The molecule has 3 N–H and O–H groups in total. The largest absolute Gasteiger partial charge is 0.491 e. The second-order valence-electron chi connectivity index (χ2n) is 7.88. The van der Waals surface area contributed by atoms with E-state index in [1.807, 2.05) is 84.9 Å². The fourth-order valence-electron chi connectivity index (χ4n) is 3.49. The molecule has 0 unspecified atom stereocenters. The average molecular weight is 445 g/mol. The zero-order chi connectivity index (χ0) is 22.9. The van der Waals surface area contributed by atoms with E-state index in [2.05, 4.69) is 10.3 Å². The standard InChI is InChI=1S/C27H28N2O4/c30-18-22(28-16-23(31)19-32-24-7-2-1-3-8-24)14-20-10-12-25(13-11-20)33-26-15-21-6-4-5-9-27(21)29-17-26/h1-13,15,17,22-23,28,30-31H,14,16,18-19H2/t22-,23-/m0/s1. The smallest absolute Gasteiger partial charge is 0.146 e. The second-order valence-corrected chi connectivity index (χ2v) is 7.88. The number of aliphatic hydroxyl groups is 2. The van der Waals surface area contributed by atoms with E-state index in [4.69, 9.17) is 9.47 Å². The number of benzene rings is 3. The second kappa shape index (κ2) is 11.4. The summed E-state index contributed by atoms with van der Waals surface area (Å²) in [6.07, 6.45) is 1.67. The van der Waals surface area contributed by atoms with Crippen molar-refractivity contribution < 1.29 is 19.7 Å². The molecule has 0 spiro atoms. The van der Waals surface area contributed by atoms with Gasteiger partial charge in [0.25, 0.3) is 0 Å². The number of nitrogens with one attached hydrogen (secondary N) is 1. The number of aromatic nitrogens is 1. The molecule has 0 amide bonds. The van der Waals surface area contributed by atoms with Crippen LogP contribution in [0.5, 0.6) is 17.2 Å². The normalized spacial score (nSPS) is 12.9. The molecule has 0 aliphatic carbocycles. The van der Waals surface area contributed by atoms with Crippen LogP contribution in [0.2, 0.25) is 0 Å². The molecule has 0 aliphatic rings. The topological polar surface area (TPSA) is 83.8 Å². The van der Waals surface area contributed by atoms with E-state index < -0.39 is 6.10 Å². The number of pyridine rings is 1. The van der Waals surface area contributed by atoms with Gasteiger partial charge in [-0.1, -0.05) is 48.5 Å². The number of hydrogen-bond acceptors (Lipinski definition) is 6. The molecule has 0 saturated heterocycles.